The van der Waals surface area contributed by atoms with E-state index in [9.17, 15) is 9.90 Å². The quantitative estimate of drug-likeness (QED) is 0.807. The Morgan fingerprint density at radius 2 is 2.00 bits per heavy atom. The second kappa shape index (κ2) is 4.91. The van der Waals surface area contributed by atoms with Crippen LogP contribution in [0.15, 0.2) is 42.7 Å². The van der Waals surface area contributed by atoms with Crippen molar-refractivity contribution in [2.45, 2.75) is 24.7 Å². The number of rotatable bonds is 3. The van der Waals surface area contributed by atoms with Crippen LogP contribution in [0.2, 0.25) is 0 Å². The van der Waals surface area contributed by atoms with Gasteiger partial charge in [-0.3, -0.25) is 14.5 Å². The van der Waals surface area contributed by atoms with E-state index in [0.717, 1.165) is 28.5 Å². The van der Waals surface area contributed by atoms with Crippen molar-refractivity contribution in [1.29, 1.82) is 0 Å². The smallest absolute Gasteiger partial charge is 0.315 e. The molecule has 1 fully saturated rings. The summed E-state index contributed by atoms with van der Waals surface area (Å²) in [6.45, 7) is 0. The highest BCUT2D eigenvalue weighted by Crippen LogP contribution is 2.43. The molecule has 0 unspecified atom stereocenters. The van der Waals surface area contributed by atoms with Crippen LogP contribution in [-0.4, -0.2) is 25.8 Å². The first kappa shape index (κ1) is 13.9. The first-order chi connectivity index (χ1) is 11.1. The lowest BCUT2D eigenvalue weighted by molar-refractivity contribution is -0.147. The molecule has 23 heavy (non-hydrogen) atoms. The minimum absolute atomic E-state index is 0.669. The van der Waals surface area contributed by atoms with Gasteiger partial charge in [0.2, 0.25) is 0 Å². The first-order valence-corrected chi connectivity index (χ1v) is 7.72. The number of carboxylic acid groups (broad SMARTS) is 1. The normalized spacial score (nSPS) is 16.2. The first-order valence-electron chi connectivity index (χ1n) is 7.72. The van der Waals surface area contributed by atoms with Gasteiger partial charge < -0.3 is 5.11 Å². The average molecular weight is 307 g/mol. The van der Waals surface area contributed by atoms with Crippen molar-refractivity contribution in [2.75, 3.05) is 0 Å². The Balaban J connectivity index is 1.70. The molecule has 116 valence electrons. The SMILES string of the molecule is Cn1cc2cc(-c3ccc(C4(C(=O)O)CCC4)nc3)ccc2n1. The molecule has 1 saturated carbocycles. The molecule has 4 rings (SSSR count). The van der Waals surface area contributed by atoms with Gasteiger partial charge in [-0.15, -0.1) is 0 Å². The second-order valence-electron chi connectivity index (χ2n) is 6.25. The van der Waals surface area contributed by atoms with Crippen LogP contribution in [-0.2, 0) is 17.3 Å². The molecule has 1 N–H and O–H groups in total. The minimum atomic E-state index is -0.772. The van der Waals surface area contributed by atoms with Crippen LogP contribution in [0, 0.1) is 0 Å². The van der Waals surface area contributed by atoms with Crippen molar-refractivity contribution in [3.63, 3.8) is 0 Å². The topological polar surface area (TPSA) is 68.0 Å². The standard InChI is InChI=1S/C18H17N3O2/c1-21-11-14-9-12(3-5-15(14)20-21)13-4-6-16(19-10-13)18(17(22)23)7-2-8-18/h3-6,9-11H,2,7-8H2,1H3,(H,22,23). The van der Waals surface area contributed by atoms with Gasteiger partial charge in [0.15, 0.2) is 0 Å². The van der Waals surface area contributed by atoms with Crippen LogP contribution in [0.1, 0.15) is 25.0 Å². The molecule has 0 aliphatic heterocycles. The summed E-state index contributed by atoms with van der Waals surface area (Å²) in [7, 11) is 1.90. The molecule has 0 saturated heterocycles. The molecule has 3 aromatic rings. The molecule has 0 bridgehead atoms. The van der Waals surface area contributed by atoms with Gasteiger partial charge in [0.25, 0.3) is 0 Å². The van der Waals surface area contributed by atoms with E-state index in [2.05, 4.69) is 16.1 Å². The summed E-state index contributed by atoms with van der Waals surface area (Å²) in [6, 6.07) is 9.90. The van der Waals surface area contributed by atoms with Gasteiger partial charge in [0.1, 0.15) is 5.41 Å². The summed E-state index contributed by atoms with van der Waals surface area (Å²) < 4.78 is 1.79. The van der Waals surface area contributed by atoms with Gasteiger partial charge in [0, 0.05) is 30.4 Å². The van der Waals surface area contributed by atoms with Crippen molar-refractivity contribution in [3.05, 3.63) is 48.4 Å². The highest BCUT2D eigenvalue weighted by atomic mass is 16.4. The molecule has 0 radical (unpaired) electrons. The number of fused-ring (bicyclic) bond motifs is 1. The highest BCUT2D eigenvalue weighted by molar-refractivity contribution is 5.84. The minimum Gasteiger partial charge on any atom is -0.481 e. The fourth-order valence-corrected chi connectivity index (χ4v) is 3.29. The average Bonchev–Trinajstić information content (AvgIpc) is 2.85. The van der Waals surface area contributed by atoms with Gasteiger partial charge in [-0.05, 0) is 36.6 Å². The number of benzene rings is 1. The van der Waals surface area contributed by atoms with E-state index in [-0.39, 0.29) is 0 Å². The van der Waals surface area contributed by atoms with Gasteiger partial charge >= 0.3 is 5.97 Å². The van der Waals surface area contributed by atoms with Crippen molar-refractivity contribution < 1.29 is 9.90 Å². The van der Waals surface area contributed by atoms with E-state index < -0.39 is 11.4 Å². The summed E-state index contributed by atoms with van der Waals surface area (Å²) in [4.78, 5) is 16.0. The third-order valence-corrected chi connectivity index (χ3v) is 4.82. The molecule has 5 nitrogen and oxygen atoms in total. The number of nitrogens with zero attached hydrogens (tertiary/aromatic N) is 3. The number of carbonyl (C=O) groups is 1. The lowest BCUT2D eigenvalue weighted by Gasteiger charge is -2.36. The van der Waals surface area contributed by atoms with E-state index >= 15 is 0 Å². The van der Waals surface area contributed by atoms with Crippen molar-refractivity contribution in [3.8, 4) is 11.1 Å². The number of aromatic nitrogens is 3. The third-order valence-electron chi connectivity index (χ3n) is 4.82. The Labute approximate surface area is 133 Å². The van der Waals surface area contributed by atoms with Crippen molar-refractivity contribution in [1.82, 2.24) is 14.8 Å². The Kier molecular flexibility index (Phi) is 2.98. The summed E-state index contributed by atoms with van der Waals surface area (Å²) in [5, 5.41) is 14.9. The summed E-state index contributed by atoms with van der Waals surface area (Å²) in [6.07, 6.45) is 6.06. The molecule has 1 aromatic carbocycles. The van der Waals surface area contributed by atoms with E-state index in [1.165, 1.54) is 0 Å². The Hall–Kier alpha value is -2.69. The Bertz CT molecular complexity index is 892. The summed E-state index contributed by atoms with van der Waals surface area (Å²) in [5.41, 5.74) is 2.90. The maximum Gasteiger partial charge on any atom is 0.315 e. The van der Waals surface area contributed by atoms with Gasteiger partial charge in [-0.2, -0.15) is 5.10 Å². The molecule has 0 amide bonds. The van der Waals surface area contributed by atoms with Crippen molar-refractivity contribution >= 4 is 16.9 Å². The zero-order valence-corrected chi connectivity index (χ0v) is 12.9. The lowest BCUT2D eigenvalue weighted by atomic mass is 9.66. The number of hydrogen-bond donors (Lipinski definition) is 1. The molecular formula is C18H17N3O2. The van der Waals surface area contributed by atoms with Gasteiger partial charge in [0.05, 0.1) is 11.2 Å². The van der Waals surface area contributed by atoms with E-state index in [4.69, 9.17) is 0 Å². The molecular weight excluding hydrogens is 290 g/mol. The van der Waals surface area contributed by atoms with Gasteiger partial charge in [-0.1, -0.05) is 18.6 Å². The Morgan fingerprint density at radius 1 is 1.22 bits per heavy atom. The number of aryl methyl sites for hydroxylation is 1. The monoisotopic (exact) mass is 307 g/mol. The lowest BCUT2D eigenvalue weighted by Crippen LogP contribution is -2.43. The zero-order chi connectivity index (χ0) is 16.0. The fraction of sp³-hybridized carbons (Fsp3) is 0.278. The number of pyridine rings is 1. The van der Waals surface area contributed by atoms with Crippen molar-refractivity contribution in [2.24, 2.45) is 7.05 Å². The molecule has 5 heteroatoms. The Morgan fingerprint density at radius 3 is 2.61 bits per heavy atom. The molecule has 1 aliphatic carbocycles. The van der Waals surface area contributed by atoms with Crippen LogP contribution in [0.4, 0.5) is 0 Å². The second-order valence-corrected chi connectivity index (χ2v) is 6.25. The van der Waals surface area contributed by atoms with E-state index in [0.29, 0.717) is 18.5 Å². The molecule has 0 atom stereocenters. The summed E-state index contributed by atoms with van der Waals surface area (Å²) >= 11 is 0. The highest BCUT2D eigenvalue weighted by Gasteiger charge is 2.47. The third kappa shape index (κ3) is 2.11. The van der Waals surface area contributed by atoms with Crippen LogP contribution in [0.25, 0.3) is 22.0 Å². The summed E-state index contributed by atoms with van der Waals surface area (Å²) in [5.74, 6) is -0.763. The molecule has 2 heterocycles. The predicted molar refractivity (Wildman–Crippen MR) is 87.1 cm³/mol. The number of carboxylic acids is 1. The molecule has 2 aromatic heterocycles. The van der Waals surface area contributed by atoms with Crippen LogP contribution in [0.5, 0.6) is 0 Å². The maximum absolute atomic E-state index is 11.6. The largest absolute Gasteiger partial charge is 0.481 e. The van der Waals surface area contributed by atoms with Gasteiger partial charge in [-0.25, -0.2) is 0 Å². The van der Waals surface area contributed by atoms with Crippen LogP contribution < -0.4 is 0 Å². The number of hydrogen-bond acceptors (Lipinski definition) is 3. The molecule has 0 spiro atoms. The van der Waals surface area contributed by atoms with Crippen LogP contribution in [0.3, 0.4) is 0 Å². The number of aliphatic carboxylic acids is 1. The van der Waals surface area contributed by atoms with E-state index in [1.54, 1.807) is 10.9 Å². The molecule has 1 aliphatic rings. The predicted octanol–water partition coefficient (Wildman–Crippen LogP) is 3.14. The zero-order valence-electron chi connectivity index (χ0n) is 12.9. The van der Waals surface area contributed by atoms with E-state index in [1.807, 2.05) is 37.5 Å². The maximum atomic E-state index is 11.6. The fourth-order valence-electron chi connectivity index (χ4n) is 3.29. The van der Waals surface area contributed by atoms with Crippen LogP contribution >= 0.6 is 0 Å².